The number of aromatic amines is 1. The van der Waals surface area contributed by atoms with E-state index in [0.29, 0.717) is 12.4 Å². The van der Waals surface area contributed by atoms with Crippen molar-refractivity contribution < 1.29 is 14.7 Å². The van der Waals surface area contributed by atoms with Crippen LogP contribution in [0.5, 0.6) is 0 Å². The predicted octanol–water partition coefficient (Wildman–Crippen LogP) is 1.76. The third-order valence-electron chi connectivity index (χ3n) is 4.04. The number of hydrogen-bond acceptors (Lipinski definition) is 3. The average molecular weight is 294 g/mol. The number of hydrogen-bond donors (Lipinski definition) is 3. The summed E-state index contributed by atoms with van der Waals surface area (Å²) in [4.78, 5) is 32.4. The van der Waals surface area contributed by atoms with Crippen molar-refractivity contribution in [1.82, 2.24) is 20.2 Å². The molecule has 2 unspecified atom stereocenters. The van der Waals surface area contributed by atoms with Crippen LogP contribution in [0.2, 0.25) is 0 Å². The number of nitrogens with one attached hydrogen (secondary N) is 2. The molecule has 0 spiro atoms. The van der Waals surface area contributed by atoms with Crippen molar-refractivity contribution >= 4 is 12.0 Å². The quantitative estimate of drug-likeness (QED) is 0.791. The fraction of sp³-hybridized carbons (Fsp3) is 0.643. The highest BCUT2D eigenvalue weighted by Gasteiger charge is 2.44. The molecule has 0 bridgehead atoms. The number of aromatic nitrogens is 2. The first-order valence-electron chi connectivity index (χ1n) is 7.12. The summed E-state index contributed by atoms with van der Waals surface area (Å²) in [5.74, 6) is -0.313. The summed E-state index contributed by atoms with van der Waals surface area (Å²) < 4.78 is 0. The van der Waals surface area contributed by atoms with Gasteiger partial charge < -0.3 is 20.3 Å². The molecule has 2 heterocycles. The van der Waals surface area contributed by atoms with Crippen LogP contribution in [0.15, 0.2) is 12.4 Å². The lowest BCUT2D eigenvalue weighted by atomic mass is 9.76. The van der Waals surface area contributed by atoms with Crippen molar-refractivity contribution in [2.24, 2.45) is 5.41 Å². The second-order valence-corrected chi connectivity index (χ2v) is 6.17. The van der Waals surface area contributed by atoms with Gasteiger partial charge in [-0.1, -0.05) is 13.8 Å². The Bertz CT molecular complexity index is 512. The van der Waals surface area contributed by atoms with Crippen LogP contribution in [-0.2, 0) is 4.79 Å². The lowest BCUT2D eigenvalue weighted by Gasteiger charge is -2.44. The van der Waals surface area contributed by atoms with E-state index in [-0.39, 0.29) is 12.1 Å². The minimum Gasteiger partial charge on any atom is -0.480 e. The number of carboxylic acids is 1. The Balaban J connectivity index is 2.11. The summed E-state index contributed by atoms with van der Waals surface area (Å²) >= 11 is 0. The molecule has 116 valence electrons. The Hall–Kier alpha value is -2.05. The van der Waals surface area contributed by atoms with Crippen LogP contribution in [0.4, 0.5) is 4.79 Å². The van der Waals surface area contributed by atoms with E-state index in [9.17, 15) is 14.7 Å². The normalized spacial score (nSPS) is 22.6. The summed E-state index contributed by atoms with van der Waals surface area (Å²) in [6, 6.07) is -1.47. The fourth-order valence-corrected chi connectivity index (χ4v) is 2.93. The number of H-pyrrole nitrogens is 1. The SMILES string of the molecule is CC(NC(=O)N1CCCC(C)(C)C1C(=O)O)c1ncc[nH]1. The summed E-state index contributed by atoms with van der Waals surface area (Å²) in [6.45, 7) is 6.04. The van der Waals surface area contributed by atoms with Crippen molar-refractivity contribution in [2.45, 2.75) is 45.7 Å². The molecule has 0 radical (unpaired) electrons. The van der Waals surface area contributed by atoms with Crippen molar-refractivity contribution in [3.8, 4) is 0 Å². The highest BCUT2D eigenvalue weighted by molar-refractivity contribution is 5.83. The number of rotatable bonds is 3. The predicted molar refractivity (Wildman–Crippen MR) is 76.7 cm³/mol. The Morgan fingerprint density at radius 3 is 2.86 bits per heavy atom. The van der Waals surface area contributed by atoms with Gasteiger partial charge in [0, 0.05) is 18.9 Å². The second kappa shape index (κ2) is 5.75. The van der Waals surface area contributed by atoms with Crippen LogP contribution in [0.1, 0.15) is 45.5 Å². The van der Waals surface area contributed by atoms with Gasteiger partial charge in [0.25, 0.3) is 0 Å². The molecule has 0 aromatic carbocycles. The van der Waals surface area contributed by atoms with E-state index in [1.54, 1.807) is 12.4 Å². The Morgan fingerprint density at radius 1 is 1.57 bits per heavy atom. The Labute approximate surface area is 123 Å². The van der Waals surface area contributed by atoms with Gasteiger partial charge in [0.2, 0.25) is 0 Å². The summed E-state index contributed by atoms with van der Waals surface area (Å²) in [5.41, 5.74) is -0.435. The van der Waals surface area contributed by atoms with Crippen LogP contribution in [0, 0.1) is 5.41 Å². The lowest BCUT2D eigenvalue weighted by Crippen LogP contribution is -2.58. The van der Waals surface area contributed by atoms with Gasteiger partial charge in [0.1, 0.15) is 11.9 Å². The van der Waals surface area contributed by atoms with Crippen LogP contribution in [-0.4, -0.2) is 44.6 Å². The van der Waals surface area contributed by atoms with Crippen LogP contribution in [0.3, 0.4) is 0 Å². The third-order valence-corrected chi connectivity index (χ3v) is 4.04. The first-order valence-corrected chi connectivity index (χ1v) is 7.12. The van der Waals surface area contributed by atoms with E-state index in [1.807, 2.05) is 20.8 Å². The van der Waals surface area contributed by atoms with E-state index < -0.39 is 17.4 Å². The highest BCUT2D eigenvalue weighted by atomic mass is 16.4. The van der Waals surface area contributed by atoms with Gasteiger partial charge in [-0.3, -0.25) is 0 Å². The number of piperidine rings is 1. The van der Waals surface area contributed by atoms with Gasteiger partial charge in [-0.05, 0) is 25.2 Å². The molecule has 21 heavy (non-hydrogen) atoms. The number of amides is 2. The van der Waals surface area contributed by atoms with Crippen molar-refractivity contribution in [3.63, 3.8) is 0 Å². The molecule has 2 amide bonds. The molecule has 1 aliphatic rings. The molecular formula is C14H22N4O3. The zero-order valence-corrected chi connectivity index (χ0v) is 12.6. The number of imidazole rings is 1. The van der Waals surface area contributed by atoms with Gasteiger partial charge >= 0.3 is 12.0 Å². The smallest absolute Gasteiger partial charge is 0.327 e. The molecule has 2 rings (SSSR count). The maximum atomic E-state index is 12.4. The molecule has 0 aliphatic carbocycles. The molecule has 7 heteroatoms. The number of aliphatic carboxylic acids is 1. The van der Waals surface area contributed by atoms with Crippen molar-refractivity contribution in [3.05, 3.63) is 18.2 Å². The fourth-order valence-electron chi connectivity index (χ4n) is 2.93. The van der Waals surface area contributed by atoms with E-state index in [0.717, 1.165) is 12.8 Å². The van der Waals surface area contributed by atoms with E-state index in [2.05, 4.69) is 15.3 Å². The molecule has 3 N–H and O–H groups in total. The minimum absolute atomic E-state index is 0.299. The molecule has 1 saturated heterocycles. The third kappa shape index (κ3) is 3.17. The average Bonchev–Trinajstić information content (AvgIpc) is 2.90. The summed E-state index contributed by atoms with van der Waals surface area (Å²) in [5, 5.41) is 12.3. The zero-order valence-electron chi connectivity index (χ0n) is 12.6. The first kappa shape index (κ1) is 15.3. The molecule has 1 aromatic rings. The minimum atomic E-state index is -0.958. The first-order chi connectivity index (χ1) is 9.83. The molecular weight excluding hydrogens is 272 g/mol. The second-order valence-electron chi connectivity index (χ2n) is 6.17. The lowest BCUT2D eigenvalue weighted by molar-refractivity contribution is -0.148. The van der Waals surface area contributed by atoms with Crippen molar-refractivity contribution in [1.29, 1.82) is 0 Å². The molecule has 1 fully saturated rings. The number of urea groups is 1. The molecule has 7 nitrogen and oxygen atoms in total. The molecule has 1 aromatic heterocycles. The van der Waals surface area contributed by atoms with Crippen LogP contribution in [0.25, 0.3) is 0 Å². The Kier molecular flexibility index (Phi) is 4.20. The highest BCUT2D eigenvalue weighted by Crippen LogP contribution is 2.35. The number of likely N-dealkylation sites (tertiary alicyclic amines) is 1. The maximum Gasteiger partial charge on any atom is 0.327 e. The standard InChI is InChI=1S/C14H22N4O3/c1-9(11-15-6-7-16-11)17-13(21)18-8-4-5-14(2,3)10(18)12(19)20/h6-7,9-10H,4-5,8H2,1-3H3,(H,15,16)(H,17,21)(H,19,20). The molecule has 2 atom stereocenters. The van der Waals surface area contributed by atoms with Crippen LogP contribution < -0.4 is 5.32 Å². The van der Waals surface area contributed by atoms with Gasteiger partial charge in [0.15, 0.2) is 0 Å². The number of carboxylic acid groups (broad SMARTS) is 1. The number of carbonyl (C=O) groups is 2. The molecule has 1 aliphatic heterocycles. The summed E-state index contributed by atoms with van der Waals surface area (Å²) in [6.07, 6.45) is 4.89. The largest absolute Gasteiger partial charge is 0.480 e. The zero-order chi connectivity index (χ0) is 15.6. The van der Waals surface area contributed by atoms with Gasteiger partial charge in [0.05, 0.1) is 6.04 Å². The maximum absolute atomic E-state index is 12.4. The van der Waals surface area contributed by atoms with E-state index >= 15 is 0 Å². The van der Waals surface area contributed by atoms with Gasteiger partial charge in [-0.2, -0.15) is 0 Å². The number of nitrogens with zero attached hydrogens (tertiary/aromatic N) is 2. The number of carbonyl (C=O) groups excluding carboxylic acids is 1. The summed E-state index contributed by atoms with van der Waals surface area (Å²) in [7, 11) is 0. The molecule has 0 saturated carbocycles. The topological polar surface area (TPSA) is 98.3 Å². The Morgan fingerprint density at radius 2 is 2.29 bits per heavy atom. The monoisotopic (exact) mass is 294 g/mol. The van der Waals surface area contributed by atoms with E-state index in [4.69, 9.17) is 0 Å². The van der Waals surface area contributed by atoms with E-state index in [1.165, 1.54) is 4.90 Å². The van der Waals surface area contributed by atoms with Gasteiger partial charge in [-0.25, -0.2) is 14.6 Å². The van der Waals surface area contributed by atoms with Crippen LogP contribution >= 0.6 is 0 Å². The van der Waals surface area contributed by atoms with Crippen molar-refractivity contribution in [2.75, 3.05) is 6.54 Å². The van der Waals surface area contributed by atoms with Gasteiger partial charge in [-0.15, -0.1) is 0 Å².